The quantitative estimate of drug-likeness (QED) is 0.286. The number of anilines is 1. The first-order valence-corrected chi connectivity index (χ1v) is 11.4. The normalized spacial score (nSPS) is 11.6. The molecule has 0 saturated carbocycles. The number of hydrogen-bond acceptors (Lipinski definition) is 7. The van der Waals surface area contributed by atoms with Crippen molar-refractivity contribution in [3.05, 3.63) is 92.9 Å². The fourth-order valence-corrected chi connectivity index (χ4v) is 3.67. The monoisotopic (exact) mass is 506 g/mol. The number of nitrogens with two attached hydrogens (primary N) is 1. The molecule has 4 aromatic rings. The van der Waals surface area contributed by atoms with Crippen molar-refractivity contribution in [2.24, 2.45) is 5.73 Å². The zero-order valence-corrected chi connectivity index (χ0v) is 20.0. The number of fused-ring (bicyclic) bond motifs is 1. The third-order valence-electron chi connectivity index (χ3n) is 5.44. The van der Waals surface area contributed by atoms with Crippen LogP contribution < -0.4 is 26.7 Å². The molecule has 2 aromatic carbocycles. The maximum absolute atomic E-state index is 12.8. The second-order valence-electron chi connectivity index (χ2n) is 7.88. The van der Waals surface area contributed by atoms with Gasteiger partial charge in [-0.05, 0) is 36.2 Å². The van der Waals surface area contributed by atoms with Gasteiger partial charge in [-0.1, -0.05) is 41.9 Å². The van der Waals surface area contributed by atoms with Crippen molar-refractivity contribution in [3.63, 3.8) is 0 Å². The Balaban J connectivity index is 1.44. The Bertz CT molecular complexity index is 1470. The average Bonchev–Trinajstić information content (AvgIpc) is 2.89. The van der Waals surface area contributed by atoms with Crippen molar-refractivity contribution >= 4 is 40.1 Å². The third-order valence-corrected chi connectivity index (χ3v) is 5.77. The molecule has 184 valence electrons. The molecule has 10 nitrogen and oxygen atoms in total. The number of halogens is 1. The summed E-state index contributed by atoms with van der Waals surface area (Å²) in [6.45, 7) is 0.360. The number of rotatable bonds is 8. The number of carbonyl (C=O) groups is 2. The molecule has 0 bridgehead atoms. The molecule has 0 aliphatic carbocycles. The van der Waals surface area contributed by atoms with Crippen molar-refractivity contribution in [2.45, 2.75) is 12.5 Å². The Labute approximate surface area is 210 Å². The number of pyridine rings is 1. The number of aromatic nitrogens is 3. The number of aromatic amines is 1. The van der Waals surface area contributed by atoms with E-state index in [1.54, 1.807) is 0 Å². The molecule has 2 heterocycles. The number of hydrogen-bond donors (Lipinski definition) is 4. The highest BCUT2D eigenvalue weighted by Crippen LogP contribution is 2.24. The Kier molecular flexibility index (Phi) is 7.57. The molecule has 0 fully saturated rings. The molecule has 1 atom stereocenters. The second-order valence-corrected chi connectivity index (χ2v) is 8.29. The van der Waals surface area contributed by atoms with Crippen LogP contribution in [0.2, 0.25) is 5.02 Å². The summed E-state index contributed by atoms with van der Waals surface area (Å²) in [5, 5.41) is 6.05. The maximum atomic E-state index is 12.8. The maximum Gasteiger partial charge on any atom is 0.318 e. The number of methoxy groups -OCH3 is 1. The highest BCUT2D eigenvalue weighted by Gasteiger charge is 2.16. The Morgan fingerprint density at radius 1 is 1.14 bits per heavy atom. The molecule has 1 unspecified atom stereocenters. The predicted molar refractivity (Wildman–Crippen MR) is 136 cm³/mol. The number of nitrogens with one attached hydrogen (secondary N) is 3. The summed E-state index contributed by atoms with van der Waals surface area (Å²) in [5.41, 5.74) is 7.04. The average molecular weight is 507 g/mol. The van der Waals surface area contributed by atoms with E-state index in [9.17, 15) is 14.4 Å². The fraction of sp³-hybridized carbons (Fsp3) is 0.160. The summed E-state index contributed by atoms with van der Waals surface area (Å²) < 4.78 is 4.94. The number of H-pyrrole nitrogens is 1. The van der Waals surface area contributed by atoms with Crippen LogP contribution in [0.4, 0.5) is 5.69 Å². The van der Waals surface area contributed by atoms with Gasteiger partial charge in [0.25, 0.3) is 17.4 Å². The van der Waals surface area contributed by atoms with Gasteiger partial charge in [0.15, 0.2) is 0 Å². The Hall–Kier alpha value is -4.28. The van der Waals surface area contributed by atoms with E-state index >= 15 is 0 Å². The SMILES string of the molecule is COc1ncc2cc(C(=O)Nc3cc(C(=O)NCCC(N)c4ccccc4)ccc3Cl)c(=O)[nH]c2n1. The lowest BCUT2D eigenvalue weighted by Crippen LogP contribution is -2.27. The minimum Gasteiger partial charge on any atom is -0.467 e. The smallest absolute Gasteiger partial charge is 0.318 e. The molecule has 0 saturated heterocycles. The van der Waals surface area contributed by atoms with Crippen LogP contribution in [0.25, 0.3) is 11.0 Å². The lowest BCUT2D eigenvalue weighted by Gasteiger charge is -2.13. The summed E-state index contributed by atoms with van der Waals surface area (Å²) in [5.74, 6) is -1.06. The molecule has 0 aliphatic heterocycles. The van der Waals surface area contributed by atoms with Crippen molar-refractivity contribution in [2.75, 3.05) is 19.0 Å². The van der Waals surface area contributed by atoms with Crippen LogP contribution in [0.3, 0.4) is 0 Å². The number of carbonyl (C=O) groups excluding carboxylic acids is 2. The molecule has 11 heteroatoms. The van der Waals surface area contributed by atoms with E-state index in [0.717, 1.165) is 5.56 Å². The minimum absolute atomic E-state index is 0.0827. The van der Waals surface area contributed by atoms with E-state index < -0.39 is 11.5 Å². The topological polar surface area (TPSA) is 152 Å². The standard InChI is InChI=1S/C25H23ClN6O4/c1-36-25-29-13-16-11-17(24(35)31-21(16)32-25)23(34)30-20-12-15(7-8-18(20)26)22(33)28-10-9-19(27)14-5-3-2-4-6-14/h2-8,11-13,19H,9-10,27H2,1H3,(H,28,33)(H,30,34)(H,29,31,32,35). The Morgan fingerprint density at radius 2 is 1.92 bits per heavy atom. The van der Waals surface area contributed by atoms with Gasteiger partial charge in [0.05, 0.1) is 17.8 Å². The van der Waals surface area contributed by atoms with Gasteiger partial charge in [-0.3, -0.25) is 14.4 Å². The van der Waals surface area contributed by atoms with Gasteiger partial charge < -0.3 is 26.1 Å². The van der Waals surface area contributed by atoms with Gasteiger partial charge in [-0.25, -0.2) is 4.98 Å². The summed E-state index contributed by atoms with van der Waals surface area (Å²) in [6, 6.07) is 15.3. The van der Waals surface area contributed by atoms with E-state index in [1.807, 2.05) is 30.3 Å². The summed E-state index contributed by atoms with van der Waals surface area (Å²) in [7, 11) is 1.40. The summed E-state index contributed by atoms with van der Waals surface area (Å²) in [4.78, 5) is 48.5. The first-order chi connectivity index (χ1) is 17.4. The molecular weight excluding hydrogens is 484 g/mol. The Morgan fingerprint density at radius 3 is 2.67 bits per heavy atom. The van der Waals surface area contributed by atoms with E-state index in [1.165, 1.54) is 37.6 Å². The first kappa shape index (κ1) is 24.8. The molecule has 4 rings (SSSR count). The number of ether oxygens (including phenoxy) is 1. The van der Waals surface area contributed by atoms with E-state index in [0.29, 0.717) is 18.4 Å². The lowest BCUT2D eigenvalue weighted by molar-refractivity contribution is 0.0951. The molecule has 0 aliphatic rings. The lowest BCUT2D eigenvalue weighted by atomic mass is 10.0. The van der Waals surface area contributed by atoms with E-state index in [4.69, 9.17) is 22.1 Å². The molecule has 5 N–H and O–H groups in total. The van der Waals surface area contributed by atoms with Gasteiger partial charge in [-0.15, -0.1) is 0 Å². The largest absolute Gasteiger partial charge is 0.467 e. The number of benzene rings is 2. The van der Waals surface area contributed by atoms with Crippen molar-refractivity contribution in [1.29, 1.82) is 0 Å². The van der Waals surface area contributed by atoms with Crippen molar-refractivity contribution in [3.8, 4) is 6.01 Å². The van der Waals surface area contributed by atoms with Crippen LogP contribution >= 0.6 is 11.6 Å². The molecular formula is C25H23ClN6O4. The van der Waals surface area contributed by atoms with Crippen molar-refractivity contribution in [1.82, 2.24) is 20.3 Å². The number of nitrogens with zero attached hydrogens (tertiary/aromatic N) is 2. The van der Waals surface area contributed by atoms with E-state index in [2.05, 4.69) is 25.6 Å². The van der Waals surface area contributed by atoms with Crippen molar-refractivity contribution < 1.29 is 14.3 Å². The van der Waals surface area contributed by atoms with Crippen LogP contribution in [0, 0.1) is 0 Å². The predicted octanol–water partition coefficient (Wildman–Crippen LogP) is 3.05. The number of amides is 2. The van der Waals surface area contributed by atoms with Gasteiger partial charge in [0, 0.05) is 29.7 Å². The van der Waals surface area contributed by atoms with Gasteiger partial charge in [-0.2, -0.15) is 4.98 Å². The van der Waals surface area contributed by atoms with E-state index in [-0.39, 0.29) is 45.4 Å². The highest BCUT2D eigenvalue weighted by molar-refractivity contribution is 6.34. The van der Waals surface area contributed by atoms with Crippen LogP contribution in [-0.4, -0.2) is 40.4 Å². The minimum atomic E-state index is -0.706. The van der Waals surface area contributed by atoms with Crippen LogP contribution in [0.15, 0.2) is 65.6 Å². The van der Waals surface area contributed by atoms with Gasteiger partial charge >= 0.3 is 6.01 Å². The molecule has 0 spiro atoms. The highest BCUT2D eigenvalue weighted by atomic mass is 35.5. The zero-order chi connectivity index (χ0) is 25.7. The molecule has 2 amide bonds. The second kappa shape index (κ2) is 11.0. The van der Waals surface area contributed by atoms with Crippen LogP contribution in [0.1, 0.15) is 38.7 Å². The van der Waals surface area contributed by atoms with Crippen LogP contribution in [0.5, 0.6) is 6.01 Å². The first-order valence-electron chi connectivity index (χ1n) is 11.0. The molecule has 36 heavy (non-hydrogen) atoms. The third kappa shape index (κ3) is 5.68. The summed E-state index contributed by atoms with van der Waals surface area (Å²) in [6.07, 6.45) is 1.97. The molecule has 0 radical (unpaired) electrons. The molecule has 2 aromatic heterocycles. The van der Waals surface area contributed by atoms with Gasteiger partial charge in [0.1, 0.15) is 11.2 Å². The summed E-state index contributed by atoms with van der Waals surface area (Å²) >= 11 is 6.23. The van der Waals surface area contributed by atoms with Crippen LogP contribution in [-0.2, 0) is 0 Å². The van der Waals surface area contributed by atoms with Gasteiger partial charge in [0.2, 0.25) is 0 Å². The fourth-order valence-electron chi connectivity index (χ4n) is 3.51. The zero-order valence-electron chi connectivity index (χ0n) is 19.2.